The zero-order chi connectivity index (χ0) is 14.4. The molecule has 1 atom stereocenters. The molecule has 19 heavy (non-hydrogen) atoms. The van der Waals surface area contributed by atoms with E-state index in [-0.39, 0.29) is 5.15 Å². The van der Waals surface area contributed by atoms with Gasteiger partial charge >= 0.3 is 5.97 Å². The molecule has 0 amide bonds. The van der Waals surface area contributed by atoms with Crippen LogP contribution in [0.5, 0.6) is 0 Å². The van der Waals surface area contributed by atoms with E-state index in [4.69, 9.17) is 16.3 Å². The number of hydrogen-bond acceptors (Lipinski definition) is 5. The average Bonchev–Trinajstić information content (AvgIpc) is 2.79. The molecule has 0 saturated heterocycles. The van der Waals surface area contributed by atoms with Crippen LogP contribution >= 0.6 is 22.9 Å². The van der Waals surface area contributed by atoms with Gasteiger partial charge in [0.1, 0.15) is 0 Å². The fourth-order valence-corrected chi connectivity index (χ4v) is 3.01. The molecule has 0 aliphatic heterocycles. The molecule has 1 unspecified atom stereocenters. The summed E-state index contributed by atoms with van der Waals surface area (Å²) in [5.74, 6) is -0.423. The van der Waals surface area contributed by atoms with Gasteiger partial charge in [-0.15, -0.1) is 0 Å². The second-order valence-electron chi connectivity index (χ2n) is 4.41. The number of nitrogens with zero attached hydrogens (tertiary/aromatic N) is 2. The molecule has 6 heteroatoms. The Labute approximate surface area is 123 Å². The van der Waals surface area contributed by atoms with E-state index in [1.807, 2.05) is 0 Å². The van der Waals surface area contributed by atoms with E-state index in [1.54, 1.807) is 0 Å². The minimum atomic E-state index is -0.423. The van der Waals surface area contributed by atoms with Gasteiger partial charge in [-0.25, -0.2) is 9.78 Å². The molecule has 0 radical (unpaired) electrons. The van der Waals surface area contributed by atoms with Crippen LogP contribution in [0.1, 0.15) is 49.7 Å². The number of rotatable bonds is 7. The highest BCUT2D eigenvalue weighted by atomic mass is 35.5. The van der Waals surface area contributed by atoms with Gasteiger partial charge in [0.05, 0.1) is 7.11 Å². The second-order valence-corrected chi connectivity index (χ2v) is 5.75. The predicted octanol–water partition coefficient (Wildman–Crippen LogP) is 3.99. The molecule has 1 aromatic rings. The van der Waals surface area contributed by atoms with Crippen molar-refractivity contribution in [2.24, 2.45) is 0 Å². The lowest BCUT2D eigenvalue weighted by atomic mass is 10.2. The Morgan fingerprint density at radius 2 is 2.21 bits per heavy atom. The summed E-state index contributed by atoms with van der Waals surface area (Å²) >= 11 is 7.32. The number of halogens is 1. The zero-order valence-electron chi connectivity index (χ0n) is 11.9. The zero-order valence-corrected chi connectivity index (χ0v) is 13.5. The Kier molecular flexibility index (Phi) is 6.58. The normalized spacial score (nSPS) is 12.3. The quantitative estimate of drug-likeness (QED) is 0.714. The standard InChI is InChI=1S/C13H21ClN2O2S/c1-5-7-8-16(9(3)6-2)13-15-11(14)10(19-13)12(17)18-4/h9H,5-8H2,1-4H3. The Morgan fingerprint density at radius 3 is 2.74 bits per heavy atom. The summed E-state index contributed by atoms with van der Waals surface area (Å²) in [5, 5.41) is 1.03. The molecule has 108 valence electrons. The molecular weight excluding hydrogens is 284 g/mol. The molecular formula is C13H21ClN2O2S. The van der Waals surface area contributed by atoms with E-state index in [2.05, 4.69) is 30.7 Å². The molecule has 1 rings (SSSR count). The van der Waals surface area contributed by atoms with Crippen LogP contribution in [0.4, 0.5) is 5.13 Å². The van der Waals surface area contributed by atoms with Crippen LogP contribution in [0, 0.1) is 0 Å². The van der Waals surface area contributed by atoms with Gasteiger partial charge in [-0.2, -0.15) is 0 Å². The maximum absolute atomic E-state index is 11.6. The first-order chi connectivity index (χ1) is 9.04. The fourth-order valence-electron chi connectivity index (χ4n) is 1.69. The van der Waals surface area contributed by atoms with E-state index >= 15 is 0 Å². The van der Waals surface area contributed by atoms with Crippen molar-refractivity contribution in [2.45, 2.75) is 46.1 Å². The average molecular weight is 305 g/mol. The first-order valence-electron chi connectivity index (χ1n) is 6.56. The number of carbonyl (C=O) groups is 1. The van der Waals surface area contributed by atoms with Crippen LogP contribution in [-0.4, -0.2) is 30.6 Å². The summed E-state index contributed by atoms with van der Waals surface area (Å²) in [6.45, 7) is 7.38. The van der Waals surface area contributed by atoms with E-state index in [0.29, 0.717) is 10.9 Å². The lowest BCUT2D eigenvalue weighted by Crippen LogP contribution is -2.33. The van der Waals surface area contributed by atoms with Crippen LogP contribution < -0.4 is 4.90 Å². The summed E-state index contributed by atoms with van der Waals surface area (Å²) in [6.07, 6.45) is 3.24. The highest BCUT2D eigenvalue weighted by Crippen LogP contribution is 2.31. The number of thiazole rings is 1. The Morgan fingerprint density at radius 1 is 1.53 bits per heavy atom. The van der Waals surface area contributed by atoms with E-state index in [9.17, 15) is 4.79 Å². The largest absolute Gasteiger partial charge is 0.465 e. The van der Waals surface area contributed by atoms with Gasteiger partial charge in [-0.3, -0.25) is 0 Å². The van der Waals surface area contributed by atoms with Gasteiger partial charge in [0.2, 0.25) is 0 Å². The summed E-state index contributed by atoms with van der Waals surface area (Å²) < 4.78 is 4.71. The monoisotopic (exact) mass is 304 g/mol. The third-order valence-electron chi connectivity index (χ3n) is 3.07. The minimum Gasteiger partial charge on any atom is -0.465 e. The van der Waals surface area contributed by atoms with Gasteiger partial charge in [0.25, 0.3) is 0 Å². The summed E-state index contributed by atoms with van der Waals surface area (Å²) in [6, 6.07) is 0.374. The van der Waals surface area contributed by atoms with Gasteiger partial charge in [0, 0.05) is 12.6 Å². The van der Waals surface area contributed by atoms with Crippen molar-refractivity contribution < 1.29 is 9.53 Å². The number of carbonyl (C=O) groups excluding carboxylic acids is 1. The molecule has 0 aliphatic carbocycles. The predicted molar refractivity (Wildman–Crippen MR) is 80.5 cm³/mol. The van der Waals surface area contributed by atoms with Crippen LogP contribution in [0.25, 0.3) is 0 Å². The lowest BCUT2D eigenvalue weighted by molar-refractivity contribution is 0.0606. The van der Waals surface area contributed by atoms with Crippen LogP contribution in [-0.2, 0) is 4.74 Å². The molecule has 0 aromatic carbocycles. The topological polar surface area (TPSA) is 42.4 Å². The molecule has 1 aromatic heterocycles. The number of hydrogen-bond donors (Lipinski definition) is 0. The second kappa shape index (κ2) is 7.70. The number of ether oxygens (including phenoxy) is 1. The Balaban J connectivity index is 2.99. The smallest absolute Gasteiger partial charge is 0.351 e. The Bertz CT molecular complexity index is 423. The molecule has 0 bridgehead atoms. The minimum absolute atomic E-state index is 0.233. The Hall–Kier alpha value is -0.810. The number of unbranched alkanes of at least 4 members (excludes halogenated alkanes) is 1. The van der Waals surface area contributed by atoms with Crippen molar-refractivity contribution in [3.8, 4) is 0 Å². The number of aromatic nitrogens is 1. The highest BCUT2D eigenvalue weighted by molar-refractivity contribution is 7.18. The van der Waals surface area contributed by atoms with Gasteiger partial charge in [-0.05, 0) is 19.8 Å². The van der Waals surface area contributed by atoms with E-state index in [1.165, 1.54) is 18.4 Å². The molecule has 0 N–H and O–H groups in total. The van der Waals surface area contributed by atoms with Crippen molar-refractivity contribution in [3.05, 3.63) is 10.0 Å². The molecule has 0 fully saturated rings. The number of esters is 1. The van der Waals surface area contributed by atoms with Crippen LogP contribution in [0.2, 0.25) is 5.15 Å². The highest BCUT2D eigenvalue weighted by Gasteiger charge is 2.22. The lowest BCUT2D eigenvalue weighted by Gasteiger charge is -2.27. The van der Waals surface area contributed by atoms with Crippen molar-refractivity contribution in [2.75, 3.05) is 18.6 Å². The maximum Gasteiger partial charge on any atom is 0.351 e. The van der Waals surface area contributed by atoms with Gasteiger partial charge in [0.15, 0.2) is 15.2 Å². The molecule has 0 spiro atoms. The van der Waals surface area contributed by atoms with E-state index < -0.39 is 5.97 Å². The van der Waals surface area contributed by atoms with Crippen LogP contribution in [0.15, 0.2) is 0 Å². The summed E-state index contributed by atoms with van der Waals surface area (Å²) in [7, 11) is 1.35. The molecule has 4 nitrogen and oxygen atoms in total. The number of methoxy groups -OCH3 is 1. The summed E-state index contributed by atoms with van der Waals surface area (Å²) in [4.78, 5) is 18.5. The third-order valence-corrected chi connectivity index (χ3v) is 4.52. The first-order valence-corrected chi connectivity index (χ1v) is 7.75. The van der Waals surface area contributed by atoms with Crippen molar-refractivity contribution >= 4 is 34.0 Å². The van der Waals surface area contributed by atoms with Crippen molar-refractivity contribution in [1.82, 2.24) is 4.98 Å². The SMILES string of the molecule is CCCCN(c1nc(Cl)c(C(=O)OC)s1)C(C)CC. The summed E-state index contributed by atoms with van der Waals surface area (Å²) in [5.41, 5.74) is 0. The van der Waals surface area contributed by atoms with Gasteiger partial charge in [-0.1, -0.05) is 43.2 Å². The fraction of sp³-hybridized carbons (Fsp3) is 0.692. The third kappa shape index (κ3) is 4.08. The first kappa shape index (κ1) is 16.2. The van der Waals surface area contributed by atoms with Crippen molar-refractivity contribution in [1.29, 1.82) is 0 Å². The van der Waals surface area contributed by atoms with Crippen LogP contribution in [0.3, 0.4) is 0 Å². The van der Waals surface area contributed by atoms with Gasteiger partial charge < -0.3 is 9.64 Å². The molecule has 0 aliphatic rings. The molecule has 0 saturated carbocycles. The number of anilines is 1. The molecule has 1 heterocycles. The van der Waals surface area contributed by atoms with Crippen molar-refractivity contribution in [3.63, 3.8) is 0 Å². The van der Waals surface area contributed by atoms with E-state index in [0.717, 1.165) is 30.9 Å². The maximum atomic E-state index is 11.6.